The zero-order valence-corrected chi connectivity index (χ0v) is 35.1. The first-order valence-corrected chi connectivity index (χ1v) is 22.2. The first-order chi connectivity index (χ1) is 30.5. The molecule has 0 N–H and O–H groups in total. The third kappa shape index (κ3) is 5.09. The second kappa shape index (κ2) is 13.3. The second-order valence-corrected chi connectivity index (χ2v) is 18.3. The number of anilines is 3. The number of nitrogens with zero attached hydrogens (tertiary/aromatic N) is 1. The molecule has 12 aromatic rings. The predicted octanol–water partition coefficient (Wildman–Crippen LogP) is 17.4. The van der Waals surface area contributed by atoms with Crippen molar-refractivity contribution in [2.45, 2.75) is 19.3 Å². The zero-order valence-electron chi connectivity index (χ0n) is 34.3. The van der Waals surface area contributed by atoms with E-state index >= 15 is 0 Å². The highest BCUT2D eigenvalue weighted by molar-refractivity contribution is 7.26. The number of rotatable bonds is 5. The summed E-state index contributed by atoms with van der Waals surface area (Å²) in [5.74, 6) is 0. The van der Waals surface area contributed by atoms with E-state index in [1.54, 1.807) is 0 Å². The largest absolute Gasteiger partial charge is 0.456 e. The van der Waals surface area contributed by atoms with Crippen molar-refractivity contribution >= 4 is 92.1 Å². The molecule has 2 aromatic heterocycles. The summed E-state index contributed by atoms with van der Waals surface area (Å²) in [7, 11) is 0. The molecule has 62 heavy (non-hydrogen) atoms. The van der Waals surface area contributed by atoms with E-state index in [0.29, 0.717) is 0 Å². The van der Waals surface area contributed by atoms with E-state index in [9.17, 15) is 0 Å². The Balaban J connectivity index is 1.12. The zero-order chi connectivity index (χ0) is 41.1. The van der Waals surface area contributed by atoms with Gasteiger partial charge >= 0.3 is 0 Å². The minimum absolute atomic E-state index is 0.162. The van der Waals surface area contributed by atoms with Crippen LogP contribution >= 0.6 is 11.3 Å². The molecule has 1 aliphatic rings. The molecule has 2 heterocycles. The maximum absolute atomic E-state index is 6.59. The molecule has 13 rings (SSSR count). The number of benzene rings is 10. The summed E-state index contributed by atoms with van der Waals surface area (Å²) in [5.41, 5.74) is 15.0. The van der Waals surface area contributed by atoms with Gasteiger partial charge in [-0.1, -0.05) is 153 Å². The molecule has 0 saturated carbocycles. The number of thiophene rings is 1. The van der Waals surface area contributed by atoms with Gasteiger partial charge in [0.25, 0.3) is 0 Å². The van der Waals surface area contributed by atoms with Crippen LogP contribution in [0.15, 0.2) is 205 Å². The van der Waals surface area contributed by atoms with Crippen LogP contribution in [-0.4, -0.2) is 0 Å². The van der Waals surface area contributed by atoms with E-state index < -0.39 is 0 Å². The molecule has 2 nitrogen and oxygen atoms in total. The highest BCUT2D eigenvalue weighted by atomic mass is 32.1. The SMILES string of the molecule is CC1(C)c2ccccc2-c2ccc(N(c3ccc4c(c3)oc3ccccc34)c3ccccc3-c3ccc4sc5ccccc5c4c3-c3cc4ccccc4c4ccccc34)cc21. The summed E-state index contributed by atoms with van der Waals surface area (Å²) in [5, 5.41) is 9.84. The standard InChI is InChI=1S/C59H39NOS/c1-59(2)50-23-11-7-19-42(50)43-29-27-37(34-51(43)59)60(38-28-30-46-45-21-9-13-25-53(45)61-54(46)35-38)52-24-12-8-20-44(52)47-31-32-56-58(48-22-10-14-26-55(48)62-56)57(47)49-33-36-15-3-4-16-39(36)40-17-5-6-18-41(40)49/h3-35H,1-2H3. The van der Waals surface area contributed by atoms with Gasteiger partial charge in [0.1, 0.15) is 11.2 Å². The van der Waals surface area contributed by atoms with Crippen LogP contribution in [0.2, 0.25) is 0 Å². The average molecular weight is 810 g/mol. The normalized spacial score (nSPS) is 13.1. The van der Waals surface area contributed by atoms with Crippen LogP contribution in [0.25, 0.3) is 97.0 Å². The van der Waals surface area contributed by atoms with Crippen LogP contribution in [0.1, 0.15) is 25.0 Å². The van der Waals surface area contributed by atoms with Gasteiger partial charge in [-0.25, -0.2) is 0 Å². The highest BCUT2D eigenvalue weighted by Crippen LogP contribution is 2.54. The van der Waals surface area contributed by atoms with Crippen LogP contribution < -0.4 is 4.90 Å². The molecule has 1 aliphatic carbocycles. The van der Waals surface area contributed by atoms with Crippen molar-refractivity contribution in [2.75, 3.05) is 4.90 Å². The Labute approximate surface area is 363 Å². The van der Waals surface area contributed by atoms with Crippen LogP contribution in [0.4, 0.5) is 17.1 Å². The summed E-state index contributed by atoms with van der Waals surface area (Å²) in [4.78, 5) is 2.46. The van der Waals surface area contributed by atoms with Gasteiger partial charge in [0, 0.05) is 59.4 Å². The number of furan rings is 1. The van der Waals surface area contributed by atoms with E-state index in [4.69, 9.17) is 4.42 Å². The van der Waals surface area contributed by atoms with Crippen molar-refractivity contribution in [1.29, 1.82) is 0 Å². The number of para-hydroxylation sites is 2. The van der Waals surface area contributed by atoms with Gasteiger partial charge in [-0.05, 0) is 115 Å². The molecule has 0 bridgehead atoms. The number of hydrogen-bond donors (Lipinski definition) is 0. The van der Waals surface area contributed by atoms with E-state index in [-0.39, 0.29) is 5.41 Å². The molecule has 0 unspecified atom stereocenters. The summed E-state index contributed by atoms with van der Waals surface area (Å²) in [6.07, 6.45) is 0. The summed E-state index contributed by atoms with van der Waals surface area (Å²) < 4.78 is 9.16. The molecule has 0 atom stereocenters. The molecule has 10 aromatic carbocycles. The fraction of sp³-hybridized carbons (Fsp3) is 0.0508. The van der Waals surface area contributed by atoms with Gasteiger partial charge < -0.3 is 9.32 Å². The summed E-state index contributed by atoms with van der Waals surface area (Å²) in [6, 6.07) is 73.8. The quantitative estimate of drug-likeness (QED) is 0.161. The monoisotopic (exact) mass is 809 g/mol. The van der Waals surface area contributed by atoms with Crippen molar-refractivity contribution in [2.24, 2.45) is 0 Å². The topological polar surface area (TPSA) is 16.4 Å². The predicted molar refractivity (Wildman–Crippen MR) is 265 cm³/mol. The molecule has 0 amide bonds. The van der Waals surface area contributed by atoms with Gasteiger partial charge in [-0.3, -0.25) is 0 Å². The van der Waals surface area contributed by atoms with E-state index in [2.05, 4.69) is 213 Å². The smallest absolute Gasteiger partial charge is 0.137 e. The van der Waals surface area contributed by atoms with Crippen molar-refractivity contribution < 1.29 is 4.42 Å². The lowest BCUT2D eigenvalue weighted by atomic mass is 9.82. The van der Waals surface area contributed by atoms with Gasteiger partial charge in [-0.15, -0.1) is 11.3 Å². The Morgan fingerprint density at radius 1 is 0.403 bits per heavy atom. The van der Waals surface area contributed by atoms with Crippen LogP contribution in [0, 0.1) is 0 Å². The van der Waals surface area contributed by atoms with Crippen molar-refractivity contribution in [3.8, 4) is 33.4 Å². The van der Waals surface area contributed by atoms with E-state index in [1.165, 1.54) is 80.7 Å². The average Bonchev–Trinajstić information content (AvgIpc) is 3.96. The first-order valence-electron chi connectivity index (χ1n) is 21.4. The van der Waals surface area contributed by atoms with Gasteiger partial charge in [0.15, 0.2) is 0 Å². The second-order valence-electron chi connectivity index (χ2n) is 17.2. The van der Waals surface area contributed by atoms with Gasteiger partial charge in [0.2, 0.25) is 0 Å². The lowest BCUT2D eigenvalue weighted by Gasteiger charge is -2.30. The Bertz CT molecular complexity index is 3810. The minimum atomic E-state index is -0.162. The lowest BCUT2D eigenvalue weighted by molar-refractivity contribution is 0.660. The maximum atomic E-state index is 6.59. The van der Waals surface area contributed by atoms with Crippen LogP contribution in [0.3, 0.4) is 0 Å². The molecule has 0 fully saturated rings. The third-order valence-corrected chi connectivity index (χ3v) is 14.6. The summed E-state index contributed by atoms with van der Waals surface area (Å²) >= 11 is 1.88. The third-order valence-electron chi connectivity index (χ3n) is 13.5. The Morgan fingerprint density at radius 2 is 1.03 bits per heavy atom. The van der Waals surface area contributed by atoms with Crippen LogP contribution in [0.5, 0.6) is 0 Å². The van der Waals surface area contributed by atoms with E-state index in [0.717, 1.165) is 44.6 Å². The van der Waals surface area contributed by atoms with E-state index in [1.807, 2.05) is 17.4 Å². The van der Waals surface area contributed by atoms with Crippen molar-refractivity contribution in [3.05, 3.63) is 211 Å². The minimum Gasteiger partial charge on any atom is -0.456 e. The number of hydrogen-bond acceptors (Lipinski definition) is 3. The molecular weight excluding hydrogens is 771 g/mol. The van der Waals surface area contributed by atoms with Gasteiger partial charge in [0.05, 0.1) is 5.69 Å². The summed E-state index contributed by atoms with van der Waals surface area (Å²) in [6.45, 7) is 4.72. The fourth-order valence-electron chi connectivity index (χ4n) is 10.6. The fourth-order valence-corrected chi connectivity index (χ4v) is 11.7. The maximum Gasteiger partial charge on any atom is 0.137 e. The first kappa shape index (κ1) is 35.3. The van der Waals surface area contributed by atoms with Crippen molar-refractivity contribution in [3.63, 3.8) is 0 Å². The molecule has 0 spiro atoms. The van der Waals surface area contributed by atoms with Gasteiger partial charge in [-0.2, -0.15) is 0 Å². The molecule has 0 radical (unpaired) electrons. The Morgan fingerprint density at radius 3 is 1.92 bits per heavy atom. The molecular formula is C59H39NOS. The van der Waals surface area contributed by atoms with Crippen molar-refractivity contribution in [1.82, 2.24) is 0 Å². The lowest BCUT2D eigenvalue weighted by Crippen LogP contribution is -2.17. The van der Waals surface area contributed by atoms with Crippen LogP contribution in [-0.2, 0) is 5.41 Å². The molecule has 3 heteroatoms. The Hall–Kier alpha value is -7.46. The number of fused-ring (bicyclic) bond motifs is 12. The Kier molecular flexibility index (Phi) is 7.56. The molecule has 0 aliphatic heterocycles. The molecule has 292 valence electrons. The highest BCUT2D eigenvalue weighted by Gasteiger charge is 2.36. The molecule has 0 saturated heterocycles.